The molecule has 1 heterocycles. The first-order valence-electron chi connectivity index (χ1n) is 11.2. The molecule has 0 aliphatic carbocycles. The second-order valence-electron chi connectivity index (χ2n) is 9.09. The van der Waals surface area contributed by atoms with Crippen molar-refractivity contribution in [2.45, 2.75) is 58.4 Å². The van der Waals surface area contributed by atoms with E-state index in [0.29, 0.717) is 31.9 Å². The van der Waals surface area contributed by atoms with Crippen molar-refractivity contribution in [2.24, 2.45) is 0 Å². The number of nitrogens with zero attached hydrogens (tertiary/aromatic N) is 1. The first-order valence-corrected chi connectivity index (χ1v) is 11.2. The Morgan fingerprint density at radius 1 is 0.939 bits per heavy atom. The summed E-state index contributed by atoms with van der Waals surface area (Å²) in [7, 11) is 0. The predicted molar refractivity (Wildman–Crippen MR) is 123 cm³/mol. The van der Waals surface area contributed by atoms with Crippen LogP contribution in [0.3, 0.4) is 0 Å². The molecule has 8 heteroatoms. The highest BCUT2D eigenvalue weighted by Gasteiger charge is 2.24. The van der Waals surface area contributed by atoms with Gasteiger partial charge in [-0.1, -0.05) is 24.3 Å². The first-order chi connectivity index (χ1) is 15.7. The smallest absolute Gasteiger partial charge is 0.407 e. The van der Waals surface area contributed by atoms with Crippen molar-refractivity contribution >= 4 is 12.1 Å². The molecule has 0 atom stereocenters. The van der Waals surface area contributed by atoms with Crippen molar-refractivity contribution in [1.82, 2.24) is 15.5 Å². The van der Waals surface area contributed by atoms with E-state index in [-0.39, 0.29) is 18.0 Å². The molecular weight excluding hydrogens is 425 g/mol. The van der Waals surface area contributed by atoms with Crippen LogP contribution in [0.25, 0.3) is 0 Å². The number of rotatable bonds is 6. The molecule has 3 amide bonds. The Hall–Kier alpha value is -3.29. The van der Waals surface area contributed by atoms with Crippen LogP contribution in [0.1, 0.15) is 44.7 Å². The molecule has 178 valence electrons. The van der Waals surface area contributed by atoms with Crippen LogP contribution in [0.5, 0.6) is 5.75 Å². The molecule has 1 fully saturated rings. The Kier molecular flexibility index (Phi) is 8.14. The molecule has 2 aromatic carbocycles. The van der Waals surface area contributed by atoms with Crippen LogP contribution in [-0.2, 0) is 17.8 Å². The zero-order chi connectivity index (χ0) is 23.8. The second-order valence-corrected chi connectivity index (χ2v) is 9.09. The van der Waals surface area contributed by atoms with Gasteiger partial charge in [0.05, 0.1) is 0 Å². The Morgan fingerprint density at radius 2 is 1.48 bits per heavy atom. The Morgan fingerprint density at radius 3 is 2.03 bits per heavy atom. The van der Waals surface area contributed by atoms with Crippen LogP contribution in [0.2, 0.25) is 0 Å². The summed E-state index contributed by atoms with van der Waals surface area (Å²) in [4.78, 5) is 26.0. The third kappa shape index (κ3) is 8.29. The number of hydrogen-bond donors (Lipinski definition) is 2. The van der Waals surface area contributed by atoms with Gasteiger partial charge in [0.1, 0.15) is 23.3 Å². The van der Waals surface area contributed by atoms with E-state index in [0.717, 1.165) is 24.0 Å². The number of benzene rings is 2. The molecular formula is C25H32FN3O4. The lowest BCUT2D eigenvalue weighted by molar-refractivity contribution is 0.0523. The largest absolute Gasteiger partial charge is 0.490 e. The zero-order valence-electron chi connectivity index (χ0n) is 19.4. The fourth-order valence-corrected chi connectivity index (χ4v) is 3.44. The van der Waals surface area contributed by atoms with Gasteiger partial charge >= 0.3 is 12.1 Å². The summed E-state index contributed by atoms with van der Waals surface area (Å²) in [6, 6.07) is 13.6. The molecule has 0 aromatic heterocycles. The lowest BCUT2D eigenvalue weighted by Crippen LogP contribution is -2.46. The number of halogens is 1. The number of piperidine rings is 1. The van der Waals surface area contributed by atoms with E-state index in [4.69, 9.17) is 9.47 Å². The van der Waals surface area contributed by atoms with E-state index in [1.165, 1.54) is 12.1 Å². The number of alkyl carbamates (subject to hydrolysis) is 1. The molecule has 2 N–H and O–H groups in total. The summed E-state index contributed by atoms with van der Waals surface area (Å²) < 4.78 is 24.1. The fraction of sp³-hybridized carbons (Fsp3) is 0.440. The third-order valence-corrected chi connectivity index (χ3v) is 5.15. The Labute approximate surface area is 194 Å². The number of likely N-dealkylation sites (tertiary alicyclic amines) is 1. The molecule has 0 unspecified atom stereocenters. The number of carbonyl (C=O) groups excluding carboxylic acids is 2. The van der Waals surface area contributed by atoms with Crippen molar-refractivity contribution in [1.29, 1.82) is 0 Å². The summed E-state index contributed by atoms with van der Waals surface area (Å²) >= 11 is 0. The first kappa shape index (κ1) is 24.4. The van der Waals surface area contributed by atoms with Crippen LogP contribution in [0.4, 0.5) is 14.0 Å². The lowest BCUT2D eigenvalue weighted by Gasteiger charge is -2.32. The van der Waals surface area contributed by atoms with Crippen molar-refractivity contribution in [2.75, 3.05) is 13.1 Å². The lowest BCUT2D eigenvalue weighted by atomic mass is 10.1. The molecule has 0 bridgehead atoms. The molecule has 1 aliphatic heterocycles. The number of amides is 3. The van der Waals surface area contributed by atoms with Crippen molar-refractivity contribution < 1.29 is 23.5 Å². The molecule has 7 nitrogen and oxygen atoms in total. The minimum atomic E-state index is -0.531. The van der Waals surface area contributed by atoms with Gasteiger partial charge in [-0.3, -0.25) is 0 Å². The fourth-order valence-electron chi connectivity index (χ4n) is 3.44. The highest BCUT2D eigenvalue weighted by atomic mass is 19.1. The number of carbonyl (C=O) groups is 2. The van der Waals surface area contributed by atoms with Crippen LogP contribution in [-0.4, -0.2) is 41.8 Å². The SMILES string of the molecule is CC(C)(C)OC(=O)NCc1ccc(CNC(=O)N2CCC(Oc3ccc(F)cc3)CC2)cc1. The van der Waals surface area contributed by atoms with Gasteiger partial charge in [0.15, 0.2) is 0 Å². The van der Waals surface area contributed by atoms with Gasteiger partial charge in [0.25, 0.3) is 0 Å². The highest BCUT2D eigenvalue weighted by molar-refractivity contribution is 5.74. The van der Waals surface area contributed by atoms with E-state index in [1.54, 1.807) is 17.0 Å². The van der Waals surface area contributed by atoms with E-state index < -0.39 is 11.7 Å². The van der Waals surface area contributed by atoms with Gasteiger partial charge in [-0.25, -0.2) is 14.0 Å². The number of hydrogen-bond acceptors (Lipinski definition) is 4. The maximum absolute atomic E-state index is 13.0. The van der Waals surface area contributed by atoms with Crippen molar-refractivity contribution in [3.63, 3.8) is 0 Å². The molecule has 0 radical (unpaired) electrons. The van der Waals surface area contributed by atoms with E-state index in [1.807, 2.05) is 45.0 Å². The standard InChI is InChI=1S/C25H32FN3O4/c1-25(2,3)33-24(31)28-17-19-6-4-18(5-7-19)16-27-23(30)29-14-12-22(13-15-29)32-21-10-8-20(26)9-11-21/h4-11,22H,12-17H2,1-3H3,(H,27,30)(H,28,31). The monoisotopic (exact) mass is 457 g/mol. The molecule has 1 aliphatic rings. The summed E-state index contributed by atoms with van der Waals surface area (Å²) in [5, 5.41) is 5.67. The van der Waals surface area contributed by atoms with Crippen LogP contribution < -0.4 is 15.4 Å². The average molecular weight is 458 g/mol. The van der Waals surface area contributed by atoms with Gasteiger partial charge in [0.2, 0.25) is 0 Å². The zero-order valence-corrected chi connectivity index (χ0v) is 19.4. The molecule has 3 rings (SSSR count). The highest BCUT2D eigenvalue weighted by Crippen LogP contribution is 2.19. The van der Waals surface area contributed by atoms with Crippen molar-refractivity contribution in [3.8, 4) is 5.75 Å². The van der Waals surface area contributed by atoms with E-state index in [2.05, 4.69) is 10.6 Å². The molecule has 1 saturated heterocycles. The van der Waals surface area contributed by atoms with E-state index >= 15 is 0 Å². The minimum absolute atomic E-state index is 0.0151. The van der Waals surface area contributed by atoms with E-state index in [9.17, 15) is 14.0 Å². The normalized spacial score (nSPS) is 14.5. The number of urea groups is 1. The van der Waals surface area contributed by atoms with Crippen LogP contribution in [0.15, 0.2) is 48.5 Å². The third-order valence-electron chi connectivity index (χ3n) is 5.15. The van der Waals surface area contributed by atoms with Crippen LogP contribution >= 0.6 is 0 Å². The minimum Gasteiger partial charge on any atom is -0.490 e. The Balaban J connectivity index is 1.36. The molecule has 2 aromatic rings. The van der Waals surface area contributed by atoms with Crippen molar-refractivity contribution in [3.05, 3.63) is 65.5 Å². The summed E-state index contributed by atoms with van der Waals surface area (Å²) in [5.41, 5.74) is 1.38. The van der Waals surface area contributed by atoms with Gasteiger partial charge < -0.3 is 25.0 Å². The quantitative estimate of drug-likeness (QED) is 0.664. The van der Waals surface area contributed by atoms with Gasteiger partial charge in [-0.05, 0) is 56.2 Å². The maximum Gasteiger partial charge on any atom is 0.407 e. The topological polar surface area (TPSA) is 79.9 Å². The van der Waals surface area contributed by atoms with Crippen LogP contribution in [0, 0.1) is 5.82 Å². The summed E-state index contributed by atoms with van der Waals surface area (Å²) in [6.45, 7) is 7.46. The summed E-state index contributed by atoms with van der Waals surface area (Å²) in [5.74, 6) is 0.352. The maximum atomic E-state index is 13.0. The average Bonchev–Trinajstić information content (AvgIpc) is 2.78. The van der Waals surface area contributed by atoms with Gasteiger partial charge in [-0.15, -0.1) is 0 Å². The summed E-state index contributed by atoms with van der Waals surface area (Å²) in [6.07, 6.45) is 1.01. The predicted octanol–water partition coefficient (Wildman–Crippen LogP) is 4.60. The second kappa shape index (κ2) is 11.0. The number of ether oxygens (including phenoxy) is 2. The molecule has 0 spiro atoms. The Bertz CT molecular complexity index is 918. The van der Waals surface area contributed by atoms with Gasteiger partial charge in [0, 0.05) is 39.0 Å². The molecule has 33 heavy (non-hydrogen) atoms. The molecule has 0 saturated carbocycles. The number of nitrogens with one attached hydrogen (secondary N) is 2. The van der Waals surface area contributed by atoms with Gasteiger partial charge in [-0.2, -0.15) is 0 Å².